The van der Waals surface area contributed by atoms with Gasteiger partial charge in [0.05, 0.1) is 17.4 Å². The van der Waals surface area contributed by atoms with Crippen LogP contribution < -0.4 is 10.9 Å². The number of aromatic nitrogens is 4. The summed E-state index contributed by atoms with van der Waals surface area (Å²) in [7, 11) is 0. The molecule has 0 bridgehead atoms. The van der Waals surface area contributed by atoms with Crippen LogP contribution in [0.3, 0.4) is 0 Å². The van der Waals surface area contributed by atoms with Crippen LogP contribution in [-0.2, 0) is 23.1 Å². The number of amides is 1. The SMILES string of the molecule is O=C(Nc1cc(-c2ccco2)nn1-c1nc2c(c(=O)[nH]1)CCC2)C1(c2ccc(Cl)cc2)CCCC1. The standard InChI is InChI=1S/C26H24ClN5O3/c27-17-10-8-16(9-11-17)26(12-1-2-13-26)24(34)29-22-15-20(21-7-4-14-35-21)31-32(22)25-28-19-6-3-5-18(19)23(33)30-25/h4,7-11,14-15H,1-3,5-6,12-13H2,(H,29,34)(H,28,30,33). The zero-order valence-corrected chi connectivity index (χ0v) is 19.8. The minimum absolute atomic E-state index is 0.118. The molecule has 4 aromatic rings. The van der Waals surface area contributed by atoms with Crippen molar-refractivity contribution in [1.82, 2.24) is 19.7 Å². The van der Waals surface area contributed by atoms with Crippen LogP contribution in [0.4, 0.5) is 5.82 Å². The maximum Gasteiger partial charge on any atom is 0.255 e. The number of rotatable bonds is 5. The second-order valence-electron chi connectivity index (χ2n) is 9.22. The number of halogens is 1. The number of carbonyl (C=O) groups excluding carboxylic acids is 1. The van der Waals surface area contributed by atoms with E-state index < -0.39 is 5.41 Å². The molecule has 2 aliphatic rings. The van der Waals surface area contributed by atoms with Gasteiger partial charge in [-0.25, -0.2) is 4.98 Å². The third-order valence-corrected chi connectivity index (χ3v) is 7.39. The molecule has 1 amide bonds. The summed E-state index contributed by atoms with van der Waals surface area (Å²) in [6, 6.07) is 12.8. The maximum absolute atomic E-state index is 13.9. The third-order valence-electron chi connectivity index (χ3n) is 7.14. The summed E-state index contributed by atoms with van der Waals surface area (Å²) in [5.41, 5.74) is 2.15. The molecule has 0 atom stereocenters. The van der Waals surface area contributed by atoms with Gasteiger partial charge in [-0.2, -0.15) is 9.78 Å². The number of hydrogen-bond donors (Lipinski definition) is 2. The molecule has 0 spiro atoms. The van der Waals surface area contributed by atoms with Crippen LogP contribution in [0.25, 0.3) is 17.4 Å². The first-order chi connectivity index (χ1) is 17.0. The summed E-state index contributed by atoms with van der Waals surface area (Å²) in [5.74, 6) is 1.13. The summed E-state index contributed by atoms with van der Waals surface area (Å²) in [5, 5.41) is 8.37. The topological polar surface area (TPSA) is 106 Å². The molecule has 3 heterocycles. The van der Waals surface area contributed by atoms with Crippen LogP contribution in [0.2, 0.25) is 5.02 Å². The predicted octanol–water partition coefficient (Wildman–Crippen LogP) is 4.81. The van der Waals surface area contributed by atoms with E-state index in [-0.39, 0.29) is 17.4 Å². The number of aromatic amines is 1. The molecule has 0 saturated heterocycles. The fourth-order valence-electron chi connectivity index (χ4n) is 5.34. The smallest absolute Gasteiger partial charge is 0.255 e. The van der Waals surface area contributed by atoms with Gasteiger partial charge in [0, 0.05) is 16.7 Å². The van der Waals surface area contributed by atoms with E-state index in [1.54, 1.807) is 24.5 Å². The summed E-state index contributed by atoms with van der Waals surface area (Å²) in [4.78, 5) is 34.1. The number of anilines is 1. The van der Waals surface area contributed by atoms with E-state index in [4.69, 9.17) is 16.0 Å². The van der Waals surface area contributed by atoms with E-state index in [2.05, 4.69) is 20.4 Å². The molecule has 35 heavy (non-hydrogen) atoms. The molecular formula is C26H24ClN5O3. The Labute approximate surface area is 206 Å². The Hall–Kier alpha value is -3.65. The molecule has 0 radical (unpaired) electrons. The molecule has 6 rings (SSSR count). The number of nitrogens with zero attached hydrogens (tertiary/aromatic N) is 3. The van der Waals surface area contributed by atoms with E-state index >= 15 is 0 Å². The molecule has 0 unspecified atom stereocenters. The average Bonchev–Trinajstić information content (AvgIpc) is 3.66. The molecule has 1 aromatic carbocycles. The van der Waals surface area contributed by atoms with Crippen molar-refractivity contribution in [3.05, 3.63) is 80.9 Å². The van der Waals surface area contributed by atoms with Crippen molar-refractivity contribution >= 4 is 23.3 Å². The number of benzene rings is 1. The highest BCUT2D eigenvalue weighted by Gasteiger charge is 2.43. The highest BCUT2D eigenvalue weighted by molar-refractivity contribution is 6.30. The Bertz CT molecular complexity index is 1450. The number of furan rings is 1. The van der Waals surface area contributed by atoms with Crippen molar-refractivity contribution < 1.29 is 9.21 Å². The number of hydrogen-bond acceptors (Lipinski definition) is 5. The summed E-state index contributed by atoms with van der Waals surface area (Å²) < 4.78 is 7.02. The average molecular weight is 490 g/mol. The van der Waals surface area contributed by atoms with Crippen LogP contribution in [-0.4, -0.2) is 25.7 Å². The van der Waals surface area contributed by atoms with Gasteiger partial charge in [0.1, 0.15) is 11.5 Å². The van der Waals surface area contributed by atoms with E-state index in [1.807, 2.05) is 24.3 Å². The molecule has 0 aliphatic heterocycles. The molecule has 3 aromatic heterocycles. The Balaban J connectivity index is 1.42. The van der Waals surface area contributed by atoms with Gasteiger partial charge in [-0.3, -0.25) is 14.6 Å². The molecule has 8 nitrogen and oxygen atoms in total. The lowest BCUT2D eigenvalue weighted by Crippen LogP contribution is -2.38. The largest absolute Gasteiger partial charge is 0.463 e. The van der Waals surface area contributed by atoms with Crippen molar-refractivity contribution in [2.24, 2.45) is 0 Å². The van der Waals surface area contributed by atoms with E-state index in [1.165, 1.54) is 4.68 Å². The van der Waals surface area contributed by atoms with E-state index in [9.17, 15) is 9.59 Å². The number of carbonyl (C=O) groups is 1. The van der Waals surface area contributed by atoms with Crippen LogP contribution >= 0.6 is 11.6 Å². The summed E-state index contributed by atoms with van der Waals surface area (Å²) in [6.45, 7) is 0. The summed E-state index contributed by atoms with van der Waals surface area (Å²) >= 11 is 6.11. The van der Waals surface area contributed by atoms with Crippen molar-refractivity contribution in [1.29, 1.82) is 0 Å². The predicted molar refractivity (Wildman–Crippen MR) is 132 cm³/mol. The number of fused-ring (bicyclic) bond motifs is 1. The number of aryl methyl sites for hydroxylation is 1. The first-order valence-corrected chi connectivity index (χ1v) is 12.3. The van der Waals surface area contributed by atoms with Gasteiger partial charge < -0.3 is 9.73 Å². The highest BCUT2D eigenvalue weighted by Crippen LogP contribution is 2.42. The monoisotopic (exact) mass is 489 g/mol. The zero-order chi connectivity index (χ0) is 24.0. The second-order valence-corrected chi connectivity index (χ2v) is 9.66. The van der Waals surface area contributed by atoms with Gasteiger partial charge in [-0.05, 0) is 61.9 Å². The molecule has 1 saturated carbocycles. The lowest BCUT2D eigenvalue weighted by atomic mass is 9.78. The molecule has 178 valence electrons. The minimum atomic E-state index is -0.663. The molecule has 9 heteroatoms. The van der Waals surface area contributed by atoms with Gasteiger partial charge in [0.2, 0.25) is 11.9 Å². The molecule has 2 aliphatic carbocycles. The molecular weight excluding hydrogens is 466 g/mol. The van der Waals surface area contributed by atoms with Gasteiger partial charge in [0.25, 0.3) is 5.56 Å². The van der Waals surface area contributed by atoms with Crippen LogP contribution in [0, 0.1) is 0 Å². The van der Waals surface area contributed by atoms with E-state index in [0.717, 1.165) is 61.8 Å². The van der Waals surface area contributed by atoms with Crippen LogP contribution in [0.5, 0.6) is 0 Å². The first-order valence-electron chi connectivity index (χ1n) is 11.9. The quantitative estimate of drug-likeness (QED) is 0.418. The fourth-order valence-corrected chi connectivity index (χ4v) is 5.46. The van der Waals surface area contributed by atoms with Crippen LogP contribution in [0.1, 0.15) is 48.9 Å². The zero-order valence-electron chi connectivity index (χ0n) is 19.0. The van der Waals surface area contributed by atoms with Crippen molar-refractivity contribution in [3.8, 4) is 17.4 Å². The maximum atomic E-state index is 13.9. The van der Waals surface area contributed by atoms with Gasteiger partial charge in [0.15, 0.2) is 5.76 Å². The third kappa shape index (κ3) is 3.78. The summed E-state index contributed by atoms with van der Waals surface area (Å²) in [6.07, 6.45) is 7.36. The number of nitrogens with one attached hydrogen (secondary N) is 2. The van der Waals surface area contributed by atoms with Gasteiger partial charge in [-0.15, -0.1) is 0 Å². The lowest BCUT2D eigenvalue weighted by molar-refractivity contribution is -0.121. The number of H-pyrrole nitrogens is 1. The Kier molecular flexibility index (Phi) is 5.33. The Morgan fingerprint density at radius 3 is 2.66 bits per heavy atom. The van der Waals surface area contributed by atoms with E-state index in [0.29, 0.717) is 22.3 Å². The van der Waals surface area contributed by atoms with Gasteiger partial charge in [-0.1, -0.05) is 36.6 Å². The van der Waals surface area contributed by atoms with Gasteiger partial charge >= 0.3 is 0 Å². The molecule has 1 fully saturated rings. The molecule has 2 N–H and O–H groups in total. The Morgan fingerprint density at radius 2 is 1.91 bits per heavy atom. The van der Waals surface area contributed by atoms with Crippen molar-refractivity contribution in [2.75, 3.05) is 5.32 Å². The fraction of sp³-hybridized carbons (Fsp3) is 0.308. The lowest BCUT2D eigenvalue weighted by Gasteiger charge is -2.28. The Morgan fingerprint density at radius 1 is 1.11 bits per heavy atom. The first kappa shape index (κ1) is 21.9. The van der Waals surface area contributed by atoms with Crippen molar-refractivity contribution in [3.63, 3.8) is 0 Å². The van der Waals surface area contributed by atoms with Crippen LogP contribution in [0.15, 0.2) is 57.9 Å². The second kappa shape index (κ2) is 8.53. The highest BCUT2D eigenvalue weighted by atomic mass is 35.5. The minimum Gasteiger partial charge on any atom is -0.463 e. The van der Waals surface area contributed by atoms with Crippen molar-refractivity contribution in [2.45, 2.75) is 50.4 Å². The normalized spacial score (nSPS) is 16.4.